The van der Waals surface area contributed by atoms with Gasteiger partial charge in [0.25, 0.3) is 0 Å². The molecule has 0 saturated heterocycles. The average molecular weight is 255 g/mol. The van der Waals surface area contributed by atoms with Crippen LogP contribution in [0.3, 0.4) is 0 Å². The number of rotatable bonds is 7. The summed E-state index contributed by atoms with van der Waals surface area (Å²) in [6.07, 6.45) is 0. The molecule has 1 aromatic carbocycles. The van der Waals surface area contributed by atoms with Crippen LogP contribution in [0.25, 0.3) is 0 Å². The summed E-state index contributed by atoms with van der Waals surface area (Å²) in [6, 6.07) is 3.43. The van der Waals surface area contributed by atoms with Gasteiger partial charge in [-0.25, -0.2) is 8.78 Å². The molecule has 1 rings (SSSR count). The van der Waals surface area contributed by atoms with Crippen LogP contribution in [0.15, 0.2) is 30.4 Å². The van der Waals surface area contributed by atoms with Crippen molar-refractivity contribution in [2.75, 3.05) is 19.8 Å². The van der Waals surface area contributed by atoms with Gasteiger partial charge in [0.2, 0.25) is 0 Å². The Morgan fingerprint density at radius 3 is 2.78 bits per heavy atom. The van der Waals surface area contributed by atoms with E-state index < -0.39 is 11.6 Å². The largest absolute Gasteiger partial charge is 0.376 e. The maximum atomic E-state index is 13.5. The molecule has 18 heavy (non-hydrogen) atoms. The second kappa shape index (κ2) is 7.24. The van der Waals surface area contributed by atoms with Crippen LogP contribution >= 0.6 is 0 Å². The lowest BCUT2D eigenvalue weighted by molar-refractivity contribution is 0.155. The zero-order chi connectivity index (χ0) is 13.5. The Hall–Kier alpha value is -1.26. The highest BCUT2D eigenvalue weighted by Gasteiger charge is 2.10. The Morgan fingerprint density at radius 1 is 1.44 bits per heavy atom. The Labute approximate surface area is 107 Å². The molecule has 1 atom stereocenters. The normalized spacial score (nSPS) is 12.4. The molecule has 0 bridgehead atoms. The summed E-state index contributed by atoms with van der Waals surface area (Å²) in [5.74, 6) is -1.09. The zero-order valence-corrected chi connectivity index (χ0v) is 10.8. The summed E-state index contributed by atoms with van der Waals surface area (Å²) >= 11 is 0. The smallest absolute Gasteiger partial charge is 0.130 e. The quantitative estimate of drug-likeness (QED) is 0.596. The monoisotopic (exact) mass is 255 g/mol. The van der Waals surface area contributed by atoms with Crippen LogP contribution in [-0.4, -0.2) is 19.8 Å². The van der Waals surface area contributed by atoms with Crippen molar-refractivity contribution in [1.29, 1.82) is 0 Å². The van der Waals surface area contributed by atoms with Gasteiger partial charge in [0.1, 0.15) is 11.6 Å². The van der Waals surface area contributed by atoms with Gasteiger partial charge in [-0.1, -0.05) is 18.2 Å². The molecule has 0 aromatic heterocycles. The maximum absolute atomic E-state index is 13.5. The number of hydrogen-bond donors (Lipinski definition) is 1. The molecule has 2 nitrogen and oxygen atoms in total. The topological polar surface area (TPSA) is 21.3 Å². The highest BCUT2D eigenvalue weighted by molar-refractivity contribution is 5.21. The van der Waals surface area contributed by atoms with E-state index in [4.69, 9.17) is 4.74 Å². The minimum absolute atomic E-state index is 0.181. The fourth-order valence-electron chi connectivity index (χ4n) is 1.56. The summed E-state index contributed by atoms with van der Waals surface area (Å²) in [4.78, 5) is 0. The highest BCUT2D eigenvalue weighted by Crippen LogP contribution is 2.17. The van der Waals surface area contributed by atoms with E-state index in [1.54, 1.807) is 0 Å². The van der Waals surface area contributed by atoms with Crippen LogP contribution in [0.1, 0.15) is 25.5 Å². The van der Waals surface area contributed by atoms with E-state index in [1.807, 2.05) is 13.8 Å². The zero-order valence-electron chi connectivity index (χ0n) is 10.8. The standard InChI is InChI=1S/C14H19F2NO/c1-10(2)9-18-7-6-17-11(3)13-5-4-12(15)8-14(13)16/h4-5,8,11,17H,1,6-7,9H2,2-3H3. The lowest BCUT2D eigenvalue weighted by Crippen LogP contribution is -2.24. The molecule has 0 fully saturated rings. The average Bonchev–Trinajstić information content (AvgIpc) is 2.27. The van der Waals surface area contributed by atoms with Crippen LogP contribution in [0.5, 0.6) is 0 Å². The summed E-state index contributed by atoms with van der Waals surface area (Å²) in [5.41, 5.74) is 1.42. The second-order valence-electron chi connectivity index (χ2n) is 4.35. The van der Waals surface area contributed by atoms with Crippen molar-refractivity contribution in [2.24, 2.45) is 0 Å². The van der Waals surface area contributed by atoms with E-state index in [0.29, 0.717) is 25.3 Å². The van der Waals surface area contributed by atoms with Crippen LogP contribution in [0, 0.1) is 11.6 Å². The second-order valence-corrected chi connectivity index (χ2v) is 4.35. The molecule has 0 aliphatic heterocycles. The van der Waals surface area contributed by atoms with Crippen LogP contribution in [-0.2, 0) is 4.74 Å². The molecule has 1 aromatic rings. The number of halogens is 2. The Balaban J connectivity index is 2.36. The van der Waals surface area contributed by atoms with E-state index in [9.17, 15) is 8.78 Å². The van der Waals surface area contributed by atoms with Crippen molar-refractivity contribution in [3.05, 3.63) is 47.5 Å². The first-order chi connectivity index (χ1) is 8.50. The molecule has 1 N–H and O–H groups in total. The maximum Gasteiger partial charge on any atom is 0.130 e. The van der Waals surface area contributed by atoms with Crippen molar-refractivity contribution in [3.63, 3.8) is 0 Å². The SMILES string of the molecule is C=C(C)COCCNC(C)c1ccc(F)cc1F. The fraction of sp³-hybridized carbons (Fsp3) is 0.429. The van der Waals surface area contributed by atoms with Crippen LogP contribution < -0.4 is 5.32 Å². The van der Waals surface area contributed by atoms with Crippen molar-refractivity contribution >= 4 is 0 Å². The summed E-state index contributed by atoms with van der Waals surface area (Å²) < 4.78 is 31.5. The third-order valence-corrected chi connectivity index (χ3v) is 2.47. The predicted octanol–water partition coefficient (Wildman–Crippen LogP) is 3.21. The summed E-state index contributed by atoms with van der Waals surface area (Å²) in [5, 5.41) is 3.12. The molecule has 0 spiro atoms. The number of ether oxygens (including phenoxy) is 1. The lowest BCUT2D eigenvalue weighted by Gasteiger charge is -2.15. The van der Waals surface area contributed by atoms with Gasteiger partial charge in [-0.05, 0) is 19.9 Å². The highest BCUT2D eigenvalue weighted by atomic mass is 19.1. The number of nitrogens with one attached hydrogen (secondary N) is 1. The Morgan fingerprint density at radius 2 is 2.17 bits per heavy atom. The molecular weight excluding hydrogens is 236 g/mol. The van der Waals surface area contributed by atoms with E-state index in [0.717, 1.165) is 11.6 Å². The lowest BCUT2D eigenvalue weighted by atomic mass is 10.1. The molecular formula is C14H19F2NO. The fourth-order valence-corrected chi connectivity index (χ4v) is 1.56. The van der Waals surface area contributed by atoms with Crippen molar-refractivity contribution in [2.45, 2.75) is 19.9 Å². The Bertz CT molecular complexity index is 407. The molecule has 0 saturated carbocycles. The minimum Gasteiger partial charge on any atom is -0.376 e. The van der Waals surface area contributed by atoms with Gasteiger partial charge in [-0.15, -0.1) is 0 Å². The molecule has 0 aliphatic rings. The predicted molar refractivity (Wildman–Crippen MR) is 68.4 cm³/mol. The third-order valence-electron chi connectivity index (χ3n) is 2.47. The molecule has 4 heteroatoms. The molecule has 1 unspecified atom stereocenters. The molecule has 0 amide bonds. The van der Waals surface area contributed by atoms with E-state index >= 15 is 0 Å². The number of benzene rings is 1. The molecule has 0 heterocycles. The van der Waals surface area contributed by atoms with E-state index in [1.165, 1.54) is 12.1 Å². The van der Waals surface area contributed by atoms with E-state index in [2.05, 4.69) is 11.9 Å². The first kappa shape index (κ1) is 14.8. The van der Waals surface area contributed by atoms with Crippen molar-refractivity contribution in [3.8, 4) is 0 Å². The summed E-state index contributed by atoms with van der Waals surface area (Å²) in [7, 11) is 0. The van der Waals surface area contributed by atoms with Crippen molar-refractivity contribution < 1.29 is 13.5 Å². The first-order valence-corrected chi connectivity index (χ1v) is 5.91. The molecule has 0 radical (unpaired) electrons. The number of hydrogen-bond acceptors (Lipinski definition) is 2. The van der Waals surface area contributed by atoms with E-state index in [-0.39, 0.29) is 6.04 Å². The molecule has 0 aliphatic carbocycles. The van der Waals surface area contributed by atoms with Gasteiger partial charge in [-0.3, -0.25) is 0 Å². The first-order valence-electron chi connectivity index (χ1n) is 5.91. The van der Waals surface area contributed by atoms with Gasteiger partial charge in [0.15, 0.2) is 0 Å². The van der Waals surface area contributed by atoms with Gasteiger partial charge < -0.3 is 10.1 Å². The third kappa shape index (κ3) is 4.94. The van der Waals surface area contributed by atoms with Gasteiger partial charge in [0.05, 0.1) is 13.2 Å². The molecule has 100 valence electrons. The minimum atomic E-state index is -0.562. The van der Waals surface area contributed by atoms with Crippen LogP contribution in [0.4, 0.5) is 8.78 Å². The van der Waals surface area contributed by atoms with Crippen molar-refractivity contribution in [1.82, 2.24) is 5.32 Å². The Kier molecular flexibility index (Phi) is 5.95. The summed E-state index contributed by atoms with van der Waals surface area (Å²) in [6.45, 7) is 9.11. The van der Waals surface area contributed by atoms with Gasteiger partial charge in [-0.2, -0.15) is 0 Å². The van der Waals surface area contributed by atoms with Gasteiger partial charge >= 0.3 is 0 Å². The van der Waals surface area contributed by atoms with Gasteiger partial charge in [0, 0.05) is 24.2 Å². The van der Waals surface area contributed by atoms with Crippen LogP contribution in [0.2, 0.25) is 0 Å².